The van der Waals surface area contributed by atoms with Crippen LogP contribution in [0.3, 0.4) is 0 Å². The van der Waals surface area contributed by atoms with E-state index in [4.69, 9.17) is 0 Å². The number of aryl methyl sites for hydroxylation is 3. The van der Waals surface area contributed by atoms with Crippen LogP contribution in [-0.2, 0) is 7.05 Å². The molecule has 3 aromatic heterocycles. The zero-order valence-corrected chi connectivity index (χ0v) is 10.1. The van der Waals surface area contributed by atoms with E-state index in [1.54, 1.807) is 0 Å². The van der Waals surface area contributed by atoms with E-state index < -0.39 is 0 Å². The van der Waals surface area contributed by atoms with Crippen molar-refractivity contribution in [3.63, 3.8) is 0 Å². The van der Waals surface area contributed by atoms with Gasteiger partial charge in [0.25, 0.3) is 0 Å². The maximum atomic E-state index is 2.30. The number of fused-ring (bicyclic) bond motifs is 3. The number of hydrogen-bond donors (Lipinski definition) is 0. The van der Waals surface area contributed by atoms with Gasteiger partial charge in [0.05, 0.1) is 20.4 Å². The number of thiophene rings is 2. The minimum Gasteiger partial charge on any atom is -0.342 e. The lowest BCUT2D eigenvalue weighted by atomic mass is 10.4. The Bertz CT molecular complexity index is 570. The molecular formula is C11H11NS2. The molecule has 3 heterocycles. The third kappa shape index (κ3) is 0.940. The number of hydrogen-bond acceptors (Lipinski definition) is 2. The van der Waals surface area contributed by atoms with Gasteiger partial charge in [0.15, 0.2) is 0 Å². The van der Waals surface area contributed by atoms with Crippen molar-refractivity contribution in [1.29, 1.82) is 0 Å². The average Bonchev–Trinajstić information content (AvgIpc) is 2.71. The lowest BCUT2D eigenvalue weighted by Crippen LogP contribution is -1.83. The molecule has 0 radical (unpaired) electrons. The summed E-state index contributed by atoms with van der Waals surface area (Å²) in [7, 11) is 2.16. The first-order valence-electron chi connectivity index (χ1n) is 4.62. The van der Waals surface area contributed by atoms with Crippen LogP contribution in [-0.4, -0.2) is 4.57 Å². The first-order chi connectivity index (χ1) is 6.66. The summed E-state index contributed by atoms with van der Waals surface area (Å²) in [6.45, 7) is 4.36. The topological polar surface area (TPSA) is 4.93 Å². The van der Waals surface area contributed by atoms with Crippen LogP contribution in [0.1, 0.15) is 9.75 Å². The fourth-order valence-corrected chi connectivity index (χ4v) is 4.19. The fraction of sp³-hybridized carbons (Fsp3) is 0.273. The summed E-state index contributed by atoms with van der Waals surface area (Å²) in [5.41, 5.74) is 2.77. The van der Waals surface area contributed by atoms with Crippen molar-refractivity contribution in [1.82, 2.24) is 4.57 Å². The molecule has 3 aromatic rings. The van der Waals surface area contributed by atoms with Crippen LogP contribution >= 0.6 is 22.7 Å². The van der Waals surface area contributed by atoms with Gasteiger partial charge in [0, 0.05) is 16.8 Å². The number of rotatable bonds is 0. The highest BCUT2D eigenvalue weighted by molar-refractivity contribution is 7.27. The molecule has 0 bridgehead atoms. The Morgan fingerprint density at radius 3 is 1.79 bits per heavy atom. The Labute approximate surface area is 90.6 Å². The molecule has 0 atom stereocenters. The van der Waals surface area contributed by atoms with Gasteiger partial charge in [-0.25, -0.2) is 0 Å². The Hall–Kier alpha value is -0.800. The largest absolute Gasteiger partial charge is 0.342 e. The van der Waals surface area contributed by atoms with E-state index in [2.05, 4.69) is 37.6 Å². The van der Waals surface area contributed by atoms with Crippen LogP contribution < -0.4 is 0 Å². The highest BCUT2D eigenvalue weighted by Gasteiger charge is 2.12. The van der Waals surface area contributed by atoms with E-state index >= 15 is 0 Å². The van der Waals surface area contributed by atoms with Crippen molar-refractivity contribution in [2.24, 2.45) is 7.05 Å². The summed E-state index contributed by atoms with van der Waals surface area (Å²) in [5, 5.41) is 0. The second-order valence-corrected chi connectivity index (χ2v) is 6.21. The summed E-state index contributed by atoms with van der Waals surface area (Å²) in [6.07, 6.45) is 0. The molecular weight excluding hydrogens is 210 g/mol. The van der Waals surface area contributed by atoms with Gasteiger partial charge in [0.1, 0.15) is 0 Å². The summed E-state index contributed by atoms with van der Waals surface area (Å²) < 4.78 is 5.22. The average molecular weight is 221 g/mol. The van der Waals surface area contributed by atoms with Crippen LogP contribution in [0.2, 0.25) is 0 Å². The van der Waals surface area contributed by atoms with E-state index in [1.165, 1.54) is 30.2 Å². The zero-order chi connectivity index (χ0) is 9.87. The highest BCUT2D eigenvalue weighted by Crippen LogP contribution is 2.38. The molecule has 3 heteroatoms. The zero-order valence-electron chi connectivity index (χ0n) is 8.42. The van der Waals surface area contributed by atoms with Crippen molar-refractivity contribution in [2.45, 2.75) is 13.8 Å². The molecule has 0 aliphatic heterocycles. The lowest BCUT2D eigenvalue weighted by molar-refractivity contribution is 1.02. The Balaban J connectivity index is 2.62. The standard InChI is InChI=1S/C11H11NS2/c1-6-4-8-10(13-6)11-9(12(8)3)5-7(2)14-11/h4-5H,1-3H3. The van der Waals surface area contributed by atoms with Gasteiger partial charge in [-0.3, -0.25) is 0 Å². The number of nitrogens with zero attached hydrogens (tertiary/aromatic N) is 1. The molecule has 0 aromatic carbocycles. The Morgan fingerprint density at radius 1 is 0.929 bits per heavy atom. The van der Waals surface area contributed by atoms with Gasteiger partial charge in [0.2, 0.25) is 0 Å². The monoisotopic (exact) mass is 221 g/mol. The van der Waals surface area contributed by atoms with Gasteiger partial charge < -0.3 is 4.57 Å². The van der Waals surface area contributed by atoms with Crippen LogP contribution in [0.25, 0.3) is 20.4 Å². The minimum absolute atomic E-state index is 1.38. The second-order valence-electron chi connectivity index (χ2n) is 3.70. The Morgan fingerprint density at radius 2 is 1.36 bits per heavy atom. The van der Waals surface area contributed by atoms with E-state index in [0.29, 0.717) is 0 Å². The maximum Gasteiger partial charge on any atom is 0.0703 e. The van der Waals surface area contributed by atoms with Crippen molar-refractivity contribution in [2.75, 3.05) is 0 Å². The van der Waals surface area contributed by atoms with Gasteiger partial charge in [-0.1, -0.05) is 0 Å². The molecule has 72 valence electrons. The van der Waals surface area contributed by atoms with Crippen LogP contribution in [0.4, 0.5) is 0 Å². The molecule has 0 amide bonds. The fourth-order valence-electron chi connectivity index (χ4n) is 1.96. The highest BCUT2D eigenvalue weighted by atomic mass is 32.1. The van der Waals surface area contributed by atoms with Crippen LogP contribution in [0.5, 0.6) is 0 Å². The van der Waals surface area contributed by atoms with Gasteiger partial charge in [-0.15, -0.1) is 22.7 Å². The molecule has 0 saturated carbocycles. The molecule has 0 N–H and O–H groups in total. The summed E-state index contributed by atoms with van der Waals surface area (Å²) >= 11 is 3.81. The predicted molar refractivity (Wildman–Crippen MR) is 65.7 cm³/mol. The van der Waals surface area contributed by atoms with E-state index in [9.17, 15) is 0 Å². The molecule has 3 rings (SSSR count). The molecule has 0 saturated heterocycles. The molecule has 0 spiro atoms. The first-order valence-corrected chi connectivity index (χ1v) is 6.25. The third-order valence-corrected chi connectivity index (χ3v) is 4.84. The number of aromatic nitrogens is 1. The van der Waals surface area contributed by atoms with Gasteiger partial charge in [-0.05, 0) is 26.0 Å². The molecule has 0 aliphatic rings. The van der Waals surface area contributed by atoms with Crippen molar-refractivity contribution in [3.05, 3.63) is 21.9 Å². The van der Waals surface area contributed by atoms with Gasteiger partial charge >= 0.3 is 0 Å². The van der Waals surface area contributed by atoms with Crippen molar-refractivity contribution in [3.8, 4) is 0 Å². The smallest absolute Gasteiger partial charge is 0.0703 e. The molecule has 0 fully saturated rings. The molecule has 0 aliphatic carbocycles. The molecule has 0 unspecified atom stereocenters. The summed E-state index contributed by atoms with van der Waals surface area (Å²) in [4.78, 5) is 2.80. The van der Waals surface area contributed by atoms with Crippen molar-refractivity contribution < 1.29 is 0 Å². The van der Waals surface area contributed by atoms with E-state index in [-0.39, 0.29) is 0 Å². The SMILES string of the molecule is Cc1cc2c(s1)c1sc(C)cc1n2C. The Kier molecular flexibility index (Phi) is 1.59. The van der Waals surface area contributed by atoms with Gasteiger partial charge in [-0.2, -0.15) is 0 Å². The normalized spacial score (nSPS) is 11.9. The maximum absolute atomic E-state index is 2.30. The second kappa shape index (κ2) is 2.61. The van der Waals surface area contributed by atoms with E-state index in [1.807, 2.05) is 22.7 Å². The molecule has 1 nitrogen and oxygen atoms in total. The lowest BCUT2D eigenvalue weighted by Gasteiger charge is -1.91. The van der Waals surface area contributed by atoms with Crippen LogP contribution in [0, 0.1) is 13.8 Å². The minimum atomic E-state index is 1.38. The first kappa shape index (κ1) is 8.50. The van der Waals surface area contributed by atoms with Crippen LogP contribution in [0.15, 0.2) is 12.1 Å². The third-order valence-electron chi connectivity index (χ3n) is 2.60. The summed E-state index contributed by atoms with van der Waals surface area (Å²) in [6, 6.07) is 4.56. The van der Waals surface area contributed by atoms with Crippen molar-refractivity contribution >= 4 is 43.1 Å². The quantitative estimate of drug-likeness (QED) is 0.539. The predicted octanol–water partition coefficient (Wildman–Crippen LogP) is 4.07. The van der Waals surface area contributed by atoms with E-state index in [0.717, 1.165) is 0 Å². The summed E-state index contributed by atoms with van der Waals surface area (Å²) in [5.74, 6) is 0. The molecule has 14 heavy (non-hydrogen) atoms.